The number of non-ortho nitro benzene ring substituents is 1. The van der Waals surface area contributed by atoms with Crippen LogP contribution in [0.5, 0.6) is 0 Å². The smallest absolute Gasteiger partial charge is 0.270 e. The topological polar surface area (TPSA) is 110 Å². The van der Waals surface area contributed by atoms with Gasteiger partial charge in [0.2, 0.25) is 10.0 Å². The largest absolute Gasteiger partial charge is 0.352 e. The van der Waals surface area contributed by atoms with E-state index in [0.29, 0.717) is 19.4 Å². The first kappa shape index (κ1) is 23.2. The SMILES string of the molecule is Cc1ccc(S(=O)(=O)N2CCCCC2CCNC(=O)c2cc([N+](=O)[O-])ccc2Cl)cc1. The maximum atomic E-state index is 13.1. The van der Waals surface area contributed by atoms with E-state index in [1.807, 2.05) is 6.92 Å². The van der Waals surface area contributed by atoms with Gasteiger partial charge in [0.25, 0.3) is 11.6 Å². The second kappa shape index (κ2) is 9.76. The Hall–Kier alpha value is -2.49. The number of aryl methyl sites for hydroxylation is 1. The van der Waals surface area contributed by atoms with E-state index in [1.54, 1.807) is 24.3 Å². The predicted molar refractivity (Wildman–Crippen MR) is 118 cm³/mol. The van der Waals surface area contributed by atoms with Crippen LogP contribution in [0.4, 0.5) is 5.69 Å². The number of nitro groups is 1. The third kappa shape index (κ3) is 5.41. The molecule has 1 N–H and O–H groups in total. The van der Waals surface area contributed by atoms with Gasteiger partial charge in [-0.2, -0.15) is 4.31 Å². The molecular weight excluding hydrogens is 442 g/mol. The molecule has 8 nitrogen and oxygen atoms in total. The maximum Gasteiger partial charge on any atom is 0.270 e. The summed E-state index contributed by atoms with van der Waals surface area (Å²) < 4.78 is 27.8. The number of hydrogen-bond donors (Lipinski definition) is 1. The Balaban J connectivity index is 1.67. The van der Waals surface area contributed by atoms with Crippen LogP contribution in [0.3, 0.4) is 0 Å². The molecule has 0 saturated carbocycles. The van der Waals surface area contributed by atoms with Gasteiger partial charge in [0, 0.05) is 31.3 Å². The molecule has 2 aromatic carbocycles. The third-order valence-electron chi connectivity index (χ3n) is 5.37. The van der Waals surface area contributed by atoms with E-state index < -0.39 is 20.9 Å². The minimum absolute atomic E-state index is 0.0173. The highest BCUT2D eigenvalue weighted by Crippen LogP contribution is 2.27. The molecule has 0 bridgehead atoms. The van der Waals surface area contributed by atoms with Crippen molar-refractivity contribution >= 4 is 33.2 Å². The summed E-state index contributed by atoms with van der Waals surface area (Å²) in [5.41, 5.74) is 0.775. The van der Waals surface area contributed by atoms with Crippen LogP contribution in [-0.4, -0.2) is 42.7 Å². The van der Waals surface area contributed by atoms with Crippen molar-refractivity contribution in [2.24, 2.45) is 0 Å². The standard InChI is InChI=1S/C21H24ClN3O5S/c1-15-5-8-18(9-6-15)31(29,30)24-13-3-2-4-16(24)11-12-23-21(26)19-14-17(25(27)28)7-10-20(19)22/h5-10,14,16H,2-4,11-13H2,1H3,(H,23,26). The number of halogens is 1. The zero-order chi connectivity index (χ0) is 22.6. The fourth-order valence-corrected chi connectivity index (χ4v) is 5.60. The molecule has 0 aromatic heterocycles. The first-order valence-corrected chi connectivity index (χ1v) is 11.8. The van der Waals surface area contributed by atoms with Gasteiger partial charge in [-0.3, -0.25) is 14.9 Å². The lowest BCUT2D eigenvalue weighted by atomic mass is 10.0. The molecular formula is C21H24ClN3O5S. The van der Waals surface area contributed by atoms with Gasteiger partial charge < -0.3 is 5.32 Å². The molecule has 1 saturated heterocycles. The molecule has 1 amide bonds. The quantitative estimate of drug-likeness (QED) is 0.492. The number of nitrogens with zero attached hydrogens (tertiary/aromatic N) is 2. The summed E-state index contributed by atoms with van der Waals surface area (Å²) in [6, 6.07) is 10.2. The van der Waals surface area contributed by atoms with Crippen LogP contribution >= 0.6 is 11.6 Å². The van der Waals surface area contributed by atoms with Crippen molar-refractivity contribution in [3.63, 3.8) is 0 Å². The average Bonchev–Trinajstić information content (AvgIpc) is 2.74. The van der Waals surface area contributed by atoms with Crippen molar-refractivity contribution in [1.29, 1.82) is 0 Å². The first-order valence-electron chi connectivity index (χ1n) is 10.0. The Morgan fingerprint density at radius 1 is 1.23 bits per heavy atom. The molecule has 1 aliphatic heterocycles. The minimum atomic E-state index is -3.63. The van der Waals surface area contributed by atoms with Gasteiger partial charge in [-0.1, -0.05) is 35.7 Å². The average molecular weight is 466 g/mol. The number of amides is 1. The van der Waals surface area contributed by atoms with Gasteiger partial charge in [-0.05, 0) is 44.4 Å². The van der Waals surface area contributed by atoms with Gasteiger partial charge in [0.05, 0.1) is 20.4 Å². The van der Waals surface area contributed by atoms with Crippen LogP contribution < -0.4 is 5.32 Å². The van der Waals surface area contributed by atoms with E-state index in [4.69, 9.17) is 11.6 Å². The number of carbonyl (C=O) groups is 1. The lowest BCUT2D eigenvalue weighted by Gasteiger charge is -2.34. The van der Waals surface area contributed by atoms with Gasteiger partial charge >= 0.3 is 0 Å². The van der Waals surface area contributed by atoms with E-state index in [-0.39, 0.29) is 33.8 Å². The molecule has 2 aromatic rings. The highest BCUT2D eigenvalue weighted by atomic mass is 35.5. The number of piperidine rings is 1. The number of hydrogen-bond acceptors (Lipinski definition) is 5. The molecule has 31 heavy (non-hydrogen) atoms. The Labute approximate surface area is 186 Å². The molecule has 1 unspecified atom stereocenters. The fourth-order valence-electron chi connectivity index (χ4n) is 3.67. The van der Waals surface area contributed by atoms with Crippen LogP contribution in [0.25, 0.3) is 0 Å². The minimum Gasteiger partial charge on any atom is -0.352 e. The Kier molecular flexibility index (Phi) is 7.30. The lowest BCUT2D eigenvalue weighted by molar-refractivity contribution is -0.384. The van der Waals surface area contributed by atoms with Gasteiger partial charge in [-0.15, -0.1) is 0 Å². The summed E-state index contributed by atoms with van der Waals surface area (Å²) in [5, 5.41) is 13.8. The number of sulfonamides is 1. The van der Waals surface area contributed by atoms with Crippen molar-refractivity contribution in [3.05, 3.63) is 68.7 Å². The van der Waals surface area contributed by atoms with E-state index in [1.165, 1.54) is 16.4 Å². The molecule has 0 spiro atoms. The lowest BCUT2D eigenvalue weighted by Crippen LogP contribution is -2.45. The van der Waals surface area contributed by atoms with Crippen LogP contribution in [0, 0.1) is 17.0 Å². The molecule has 1 aliphatic rings. The van der Waals surface area contributed by atoms with Gasteiger partial charge in [-0.25, -0.2) is 8.42 Å². The van der Waals surface area contributed by atoms with Crippen molar-refractivity contribution in [2.45, 2.75) is 43.5 Å². The zero-order valence-electron chi connectivity index (χ0n) is 17.1. The number of rotatable bonds is 7. The summed E-state index contributed by atoms with van der Waals surface area (Å²) in [6.07, 6.45) is 2.84. The maximum absolute atomic E-state index is 13.1. The molecule has 0 aliphatic carbocycles. The normalized spacial score (nSPS) is 17.3. The highest BCUT2D eigenvalue weighted by Gasteiger charge is 2.33. The zero-order valence-corrected chi connectivity index (χ0v) is 18.7. The van der Waals surface area contributed by atoms with Crippen molar-refractivity contribution in [1.82, 2.24) is 9.62 Å². The summed E-state index contributed by atoms with van der Waals surface area (Å²) in [4.78, 5) is 23.1. The summed E-state index contributed by atoms with van der Waals surface area (Å²) in [5.74, 6) is -0.530. The number of benzene rings is 2. The first-order chi connectivity index (χ1) is 14.7. The van der Waals surface area contributed by atoms with Crippen LogP contribution in [0.1, 0.15) is 41.6 Å². The Morgan fingerprint density at radius 3 is 2.61 bits per heavy atom. The van der Waals surface area contributed by atoms with E-state index in [0.717, 1.165) is 24.5 Å². The highest BCUT2D eigenvalue weighted by molar-refractivity contribution is 7.89. The molecule has 10 heteroatoms. The molecule has 3 rings (SSSR count). The number of carbonyl (C=O) groups excluding carboxylic acids is 1. The molecule has 1 heterocycles. The molecule has 0 radical (unpaired) electrons. The summed E-state index contributed by atoms with van der Waals surface area (Å²) in [6.45, 7) is 2.56. The monoisotopic (exact) mass is 465 g/mol. The molecule has 1 atom stereocenters. The summed E-state index contributed by atoms with van der Waals surface area (Å²) >= 11 is 6.01. The fraction of sp³-hybridized carbons (Fsp3) is 0.381. The van der Waals surface area contributed by atoms with E-state index in [9.17, 15) is 23.3 Å². The van der Waals surface area contributed by atoms with Crippen molar-refractivity contribution < 1.29 is 18.1 Å². The predicted octanol–water partition coefficient (Wildman–Crippen LogP) is 3.92. The Bertz CT molecular complexity index is 1070. The Morgan fingerprint density at radius 2 is 1.94 bits per heavy atom. The number of nitrogens with one attached hydrogen (secondary N) is 1. The van der Waals surface area contributed by atoms with Crippen LogP contribution in [0.2, 0.25) is 5.02 Å². The van der Waals surface area contributed by atoms with Gasteiger partial charge in [0.1, 0.15) is 0 Å². The van der Waals surface area contributed by atoms with Crippen LogP contribution in [0.15, 0.2) is 47.4 Å². The summed E-state index contributed by atoms with van der Waals surface area (Å²) in [7, 11) is -3.63. The van der Waals surface area contributed by atoms with Gasteiger partial charge in [0.15, 0.2) is 0 Å². The second-order valence-corrected chi connectivity index (χ2v) is 9.84. The number of nitro benzene ring substituents is 1. The van der Waals surface area contributed by atoms with Crippen LogP contribution in [-0.2, 0) is 10.0 Å². The molecule has 1 fully saturated rings. The molecule has 166 valence electrons. The van der Waals surface area contributed by atoms with E-state index in [2.05, 4.69) is 5.32 Å². The second-order valence-electron chi connectivity index (χ2n) is 7.54. The third-order valence-corrected chi connectivity index (χ3v) is 7.66. The van der Waals surface area contributed by atoms with E-state index >= 15 is 0 Å². The van der Waals surface area contributed by atoms with Crippen molar-refractivity contribution in [2.75, 3.05) is 13.1 Å². The van der Waals surface area contributed by atoms with Crippen molar-refractivity contribution in [3.8, 4) is 0 Å².